The van der Waals surface area contributed by atoms with Crippen molar-refractivity contribution in [3.8, 4) is 0 Å². The molecule has 1 N–H and O–H groups in total. The summed E-state index contributed by atoms with van der Waals surface area (Å²) in [5.41, 5.74) is 1.59. The van der Waals surface area contributed by atoms with Gasteiger partial charge in [0.05, 0.1) is 30.5 Å². The van der Waals surface area contributed by atoms with E-state index < -0.39 is 0 Å². The van der Waals surface area contributed by atoms with Gasteiger partial charge in [-0.3, -0.25) is 9.78 Å². The first-order valence-corrected chi connectivity index (χ1v) is 10.6. The van der Waals surface area contributed by atoms with Crippen LogP contribution < -0.4 is 5.32 Å². The summed E-state index contributed by atoms with van der Waals surface area (Å²) < 4.78 is 13.9. The molecule has 0 radical (unpaired) electrons. The molecule has 0 spiro atoms. The van der Waals surface area contributed by atoms with Crippen molar-refractivity contribution in [3.05, 3.63) is 42.0 Å². The smallest absolute Gasteiger partial charge is 0.253 e. The van der Waals surface area contributed by atoms with E-state index in [9.17, 15) is 4.79 Å². The zero-order chi connectivity index (χ0) is 19.6. The highest BCUT2D eigenvalue weighted by Crippen LogP contribution is 2.34. The highest BCUT2D eigenvalue weighted by Gasteiger charge is 2.49. The number of amides is 1. The number of nitrogens with one attached hydrogen (secondary N) is 1. The molecule has 2 aromatic heterocycles. The van der Waals surface area contributed by atoms with Crippen LogP contribution in [0.5, 0.6) is 0 Å². The highest BCUT2D eigenvalue weighted by atomic mass is 16.6. The monoisotopic (exact) mass is 397 g/mol. The molecule has 3 aliphatic rings. The summed E-state index contributed by atoms with van der Waals surface area (Å²) in [7, 11) is 0. The number of carbonyl (C=O) groups excluding carboxylic acids is 1. The van der Waals surface area contributed by atoms with E-state index in [-0.39, 0.29) is 30.2 Å². The van der Waals surface area contributed by atoms with Gasteiger partial charge in [0.1, 0.15) is 18.2 Å². The highest BCUT2D eigenvalue weighted by molar-refractivity contribution is 5.94. The number of aromatic nitrogens is 4. The third kappa shape index (κ3) is 3.91. The van der Waals surface area contributed by atoms with Crippen molar-refractivity contribution in [1.29, 1.82) is 0 Å². The number of fused-ring (bicyclic) bond motifs is 1. The molecule has 2 aliphatic heterocycles. The van der Waals surface area contributed by atoms with Crippen LogP contribution in [-0.2, 0) is 15.9 Å². The molecule has 8 nitrogen and oxygen atoms in total. The van der Waals surface area contributed by atoms with Gasteiger partial charge in [-0.25, -0.2) is 4.68 Å². The lowest BCUT2D eigenvalue weighted by molar-refractivity contribution is 0.0613. The Kier molecular flexibility index (Phi) is 5.28. The quantitative estimate of drug-likeness (QED) is 0.829. The van der Waals surface area contributed by atoms with Crippen molar-refractivity contribution >= 4 is 5.91 Å². The third-order valence-corrected chi connectivity index (χ3v) is 6.39. The number of carbonyl (C=O) groups is 1. The number of ether oxygens (including phenoxy) is 2. The molecule has 0 bridgehead atoms. The molecule has 4 atom stereocenters. The summed E-state index contributed by atoms with van der Waals surface area (Å²) in [5, 5.41) is 11.8. The lowest BCUT2D eigenvalue weighted by Gasteiger charge is -2.20. The van der Waals surface area contributed by atoms with Crippen LogP contribution in [0.4, 0.5) is 0 Å². The van der Waals surface area contributed by atoms with Gasteiger partial charge in [-0.1, -0.05) is 37.3 Å². The van der Waals surface area contributed by atoms with Gasteiger partial charge >= 0.3 is 0 Å². The summed E-state index contributed by atoms with van der Waals surface area (Å²) in [6.07, 6.45) is 12.6. The number of hydrogen-bond acceptors (Lipinski definition) is 6. The molecule has 29 heavy (non-hydrogen) atoms. The van der Waals surface area contributed by atoms with Gasteiger partial charge in [0.15, 0.2) is 0 Å². The summed E-state index contributed by atoms with van der Waals surface area (Å²) in [6.45, 7) is 0.947. The maximum Gasteiger partial charge on any atom is 0.253 e. The second kappa shape index (κ2) is 8.20. The molecule has 0 aromatic carbocycles. The molecule has 1 aliphatic carbocycles. The molecule has 3 fully saturated rings. The number of hydrogen-bond donors (Lipinski definition) is 1. The van der Waals surface area contributed by atoms with Gasteiger partial charge in [-0.05, 0) is 24.5 Å². The molecule has 8 heteroatoms. The molecule has 154 valence electrons. The van der Waals surface area contributed by atoms with E-state index >= 15 is 0 Å². The lowest BCUT2D eigenvalue weighted by atomic mass is 9.86. The topological polar surface area (TPSA) is 91.2 Å². The Bertz CT molecular complexity index is 836. The molecule has 4 heterocycles. The summed E-state index contributed by atoms with van der Waals surface area (Å²) >= 11 is 0. The number of nitrogens with zero attached hydrogens (tertiary/aromatic N) is 4. The second-order valence-electron chi connectivity index (χ2n) is 8.38. The Morgan fingerprint density at radius 2 is 2.03 bits per heavy atom. The van der Waals surface area contributed by atoms with Gasteiger partial charge in [0, 0.05) is 18.6 Å². The molecular weight excluding hydrogens is 370 g/mol. The molecule has 5 rings (SSSR count). The first-order chi connectivity index (χ1) is 14.3. The van der Waals surface area contributed by atoms with E-state index in [0.29, 0.717) is 18.8 Å². The van der Waals surface area contributed by atoms with Crippen LogP contribution in [-0.4, -0.2) is 57.3 Å². The maximum absolute atomic E-state index is 12.4. The van der Waals surface area contributed by atoms with E-state index in [2.05, 4.69) is 26.8 Å². The molecule has 0 unspecified atom stereocenters. The number of pyridine rings is 1. The predicted octanol–water partition coefficient (Wildman–Crippen LogP) is 1.93. The maximum atomic E-state index is 12.4. The zero-order valence-electron chi connectivity index (χ0n) is 16.4. The van der Waals surface area contributed by atoms with Crippen LogP contribution in [0.15, 0.2) is 30.7 Å². The average molecular weight is 397 g/mol. The Morgan fingerprint density at radius 3 is 2.86 bits per heavy atom. The molecular formula is C21H27N5O3. The van der Waals surface area contributed by atoms with E-state index in [1.807, 2.05) is 4.68 Å². The standard InChI is InChI=1S/C21H27N5O3/c27-21(15-7-4-8-22-10-15)23-17-12-28-20-18(13-29-19(17)20)26-11-16(24-25-26)9-14-5-2-1-3-6-14/h4,7-8,10-11,14,17-20H,1-3,5-6,9,12-13H2,(H,23,27)/t17-,18-,19+,20+/m0/s1. The Balaban J connectivity index is 1.21. The SMILES string of the molecule is O=C(N[C@H]1CO[C@H]2[C@@H]1OC[C@@H]2n1cc(CC2CCCCC2)nn1)c1cccnc1. The fourth-order valence-electron chi connectivity index (χ4n) is 4.83. The van der Waals surface area contributed by atoms with Gasteiger partial charge in [-0.15, -0.1) is 5.10 Å². The van der Waals surface area contributed by atoms with Crippen molar-refractivity contribution in [2.75, 3.05) is 13.2 Å². The Hall–Kier alpha value is -2.32. The van der Waals surface area contributed by atoms with Crippen molar-refractivity contribution in [3.63, 3.8) is 0 Å². The minimum atomic E-state index is -0.178. The second-order valence-corrected chi connectivity index (χ2v) is 8.38. The Labute approximate surface area is 170 Å². The van der Waals surface area contributed by atoms with E-state index in [1.54, 1.807) is 24.5 Å². The van der Waals surface area contributed by atoms with Gasteiger partial charge in [0.2, 0.25) is 0 Å². The van der Waals surface area contributed by atoms with Crippen molar-refractivity contribution in [1.82, 2.24) is 25.3 Å². The molecule has 1 amide bonds. The zero-order valence-corrected chi connectivity index (χ0v) is 16.4. The van der Waals surface area contributed by atoms with Gasteiger partial charge < -0.3 is 14.8 Å². The van der Waals surface area contributed by atoms with Crippen LogP contribution in [0, 0.1) is 5.92 Å². The van der Waals surface area contributed by atoms with E-state index in [0.717, 1.165) is 18.0 Å². The van der Waals surface area contributed by atoms with E-state index in [4.69, 9.17) is 9.47 Å². The predicted molar refractivity (Wildman–Crippen MR) is 104 cm³/mol. The number of rotatable bonds is 5. The lowest BCUT2D eigenvalue weighted by Crippen LogP contribution is -2.44. The van der Waals surface area contributed by atoms with Crippen molar-refractivity contribution in [2.24, 2.45) is 5.92 Å². The van der Waals surface area contributed by atoms with Gasteiger partial charge in [0.25, 0.3) is 5.91 Å². The third-order valence-electron chi connectivity index (χ3n) is 6.39. The summed E-state index contributed by atoms with van der Waals surface area (Å²) in [5.74, 6) is 0.575. The van der Waals surface area contributed by atoms with Crippen LogP contribution in [0.1, 0.15) is 54.2 Å². The fourth-order valence-corrected chi connectivity index (χ4v) is 4.83. The van der Waals surface area contributed by atoms with Crippen LogP contribution in [0.3, 0.4) is 0 Å². The Morgan fingerprint density at radius 1 is 1.17 bits per heavy atom. The van der Waals surface area contributed by atoms with Crippen molar-refractivity contribution in [2.45, 2.75) is 62.8 Å². The van der Waals surface area contributed by atoms with E-state index in [1.165, 1.54) is 32.1 Å². The molecule has 2 saturated heterocycles. The first-order valence-electron chi connectivity index (χ1n) is 10.6. The van der Waals surface area contributed by atoms with Gasteiger partial charge in [-0.2, -0.15) is 0 Å². The summed E-state index contributed by atoms with van der Waals surface area (Å²) in [6, 6.07) is 3.31. The largest absolute Gasteiger partial charge is 0.371 e. The van der Waals surface area contributed by atoms with Crippen LogP contribution in [0.2, 0.25) is 0 Å². The summed E-state index contributed by atoms with van der Waals surface area (Å²) in [4.78, 5) is 16.4. The minimum Gasteiger partial charge on any atom is -0.371 e. The minimum absolute atomic E-state index is 0.00657. The molecule has 1 saturated carbocycles. The molecule has 2 aromatic rings. The first kappa shape index (κ1) is 18.7. The van der Waals surface area contributed by atoms with Crippen LogP contribution in [0.25, 0.3) is 0 Å². The normalized spacial score (nSPS) is 29.7. The fraction of sp³-hybridized carbons (Fsp3) is 0.619. The van der Waals surface area contributed by atoms with Crippen molar-refractivity contribution < 1.29 is 14.3 Å². The van der Waals surface area contributed by atoms with Crippen LogP contribution >= 0.6 is 0 Å². The average Bonchev–Trinajstić information content (AvgIpc) is 3.47.